The lowest BCUT2D eigenvalue weighted by Crippen LogP contribution is -1.99. The zero-order valence-corrected chi connectivity index (χ0v) is 8.92. The first kappa shape index (κ1) is 9.72. The number of pyridine rings is 1. The number of rotatable bonds is 1. The highest BCUT2D eigenvalue weighted by Gasteiger charge is 2.05. The third kappa shape index (κ3) is 1.59. The molecule has 0 radical (unpaired) electrons. The normalized spacial score (nSPS) is 10.8. The van der Waals surface area contributed by atoms with Gasteiger partial charge in [0.2, 0.25) is 0 Å². The summed E-state index contributed by atoms with van der Waals surface area (Å²) < 4.78 is 1.87. The molecule has 1 aromatic carbocycles. The Kier molecular flexibility index (Phi) is 2.01. The van der Waals surface area contributed by atoms with Gasteiger partial charge in [0, 0.05) is 30.1 Å². The van der Waals surface area contributed by atoms with E-state index < -0.39 is 0 Å². The zero-order chi connectivity index (χ0) is 11.8. The first-order valence-electron chi connectivity index (χ1n) is 5.23. The molecule has 17 heavy (non-hydrogen) atoms. The quantitative estimate of drug-likeness (QED) is 0.666. The molecule has 0 saturated carbocycles. The first-order chi connectivity index (χ1) is 8.24. The van der Waals surface area contributed by atoms with Crippen molar-refractivity contribution in [2.45, 2.75) is 0 Å². The van der Waals surface area contributed by atoms with Gasteiger partial charge in [0.1, 0.15) is 11.4 Å². The fourth-order valence-electron chi connectivity index (χ4n) is 1.90. The molecule has 3 aromatic rings. The van der Waals surface area contributed by atoms with E-state index >= 15 is 0 Å². The van der Waals surface area contributed by atoms with Crippen molar-refractivity contribution >= 4 is 5.65 Å². The maximum absolute atomic E-state index is 11.2. The van der Waals surface area contributed by atoms with Gasteiger partial charge in [-0.1, -0.05) is 12.1 Å². The number of aromatic amines is 1. The molecule has 0 spiro atoms. The van der Waals surface area contributed by atoms with Gasteiger partial charge in [0.25, 0.3) is 0 Å². The molecule has 0 amide bonds. The second-order valence-corrected chi connectivity index (χ2v) is 3.84. The first-order valence-corrected chi connectivity index (χ1v) is 5.23. The van der Waals surface area contributed by atoms with Crippen LogP contribution in [-0.2, 0) is 0 Å². The summed E-state index contributed by atoms with van der Waals surface area (Å²) in [6.45, 7) is 0. The van der Waals surface area contributed by atoms with Crippen LogP contribution in [-0.4, -0.2) is 14.5 Å². The molecule has 2 N–H and O–H groups in total. The van der Waals surface area contributed by atoms with E-state index in [0.717, 1.165) is 16.9 Å². The molecule has 2 heterocycles. The minimum atomic E-state index is -0.0330. The average molecular weight is 226 g/mol. The van der Waals surface area contributed by atoms with Gasteiger partial charge in [0.05, 0.1) is 5.69 Å². The number of nitrogens with zero attached hydrogens (tertiary/aromatic N) is 1. The molecule has 84 valence electrons. The lowest BCUT2D eigenvalue weighted by Gasteiger charge is -2.01. The van der Waals surface area contributed by atoms with Crippen LogP contribution >= 0.6 is 0 Å². The molecule has 4 nitrogen and oxygen atoms in total. The molecule has 2 aromatic heterocycles. The summed E-state index contributed by atoms with van der Waals surface area (Å²) in [5.41, 5.74) is 2.49. The van der Waals surface area contributed by atoms with E-state index in [1.807, 2.05) is 16.7 Å². The van der Waals surface area contributed by atoms with Gasteiger partial charge in [-0.05, 0) is 12.1 Å². The molecule has 0 aliphatic rings. The number of aromatic nitrogens is 2. The summed E-state index contributed by atoms with van der Waals surface area (Å²) >= 11 is 0. The predicted octanol–water partition coefficient (Wildman–Crippen LogP) is 2.00. The van der Waals surface area contributed by atoms with Crippen molar-refractivity contribution in [2.24, 2.45) is 0 Å². The van der Waals surface area contributed by atoms with E-state index in [-0.39, 0.29) is 11.2 Å². The lowest BCUT2D eigenvalue weighted by atomic mass is 10.1. The molecule has 4 heteroatoms. The minimum Gasteiger partial charge on any atom is -0.508 e. The Labute approximate surface area is 96.8 Å². The van der Waals surface area contributed by atoms with Crippen LogP contribution in [0.15, 0.2) is 53.6 Å². The third-order valence-electron chi connectivity index (χ3n) is 2.68. The Bertz CT molecular complexity index is 740. The molecule has 0 unspecified atom stereocenters. The Morgan fingerprint density at radius 2 is 2.06 bits per heavy atom. The van der Waals surface area contributed by atoms with E-state index in [4.69, 9.17) is 0 Å². The second kappa shape index (κ2) is 3.52. The largest absolute Gasteiger partial charge is 0.508 e. The smallest absolute Gasteiger partial charge is 0.183 e. The van der Waals surface area contributed by atoms with Crippen molar-refractivity contribution in [1.29, 1.82) is 0 Å². The maximum Gasteiger partial charge on any atom is 0.183 e. The van der Waals surface area contributed by atoms with Crippen molar-refractivity contribution in [2.75, 3.05) is 0 Å². The van der Waals surface area contributed by atoms with Crippen molar-refractivity contribution in [3.8, 4) is 17.0 Å². The number of hydrogen-bond acceptors (Lipinski definition) is 2. The molecular formula is C13H10N2O2. The molecule has 3 rings (SSSR count). The molecular weight excluding hydrogens is 216 g/mol. The van der Waals surface area contributed by atoms with Gasteiger partial charge >= 0.3 is 0 Å². The van der Waals surface area contributed by atoms with E-state index in [9.17, 15) is 9.90 Å². The fraction of sp³-hybridized carbons (Fsp3) is 0. The molecule has 0 aliphatic heterocycles. The molecule has 0 atom stereocenters. The van der Waals surface area contributed by atoms with Gasteiger partial charge in [-0.15, -0.1) is 0 Å². The summed E-state index contributed by atoms with van der Waals surface area (Å²) in [6.07, 6.45) is 3.52. The van der Waals surface area contributed by atoms with Crippen molar-refractivity contribution in [1.82, 2.24) is 9.38 Å². The number of fused-ring (bicyclic) bond motifs is 1. The highest BCUT2D eigenvalue weighted by atomic mass is 16.3. The van der Waals surface area contributed by atoms with Gasteiger partial charge in [-0.3, -0.25) is 4.79 Å². The van der Waals surface area contributed by atoms with E-state index in [2.05, 4.69) is 4.98 Å². The highest BCUT2D eigenvalue weighted by Crippen LogP contribution is 2.23. The van der Waals surface area contributed by atoms with Gasteiger partial charge in [0.15, 0.2) is 5.43 Å². The Hall–Kier alpha value is -2.49. The number of phenols is 1. The average Bonchev–Trinajstić information content (AvgIpc) is 2.71. The standard InChI is InChI=1S/C13H10N2O2/c16-10-3-1-2-9(6-10)12-8-14-13-7-11(17)4-5-15(12)13/h1-8,14,16H. The monoisotopic (exact) mass is 226 g/mol. The number of imidazole rings is 1. The van der Waals surface area contributed by atoms with Crippen molar-refractivity contribution in [3.63, 3.8) is 0 Å². The number of hydrogen-bond donors (Lipinski definition) is 2. The van der Waals surface area contributed by atoms with Gasteiger partial charge < -0.3 is 14.5 Å². The Morgan fingerprint density at radius 3 is 2.88 bits per heavy atom. The minimum absolute atomic E-state index is 0.0330. The van der Waals surface area contributed by atoms with E-state index in [1.165, 1.54) is 12.1 Å². The number of phenolic OH excluding ortho intramolecular Hbond substituents is 1. The van der Waals surface area contributed by atoms with Gasteiger partial charge in [-0.25, -0.2) is 0 Å². The van der Waals surface area contributed by atoms with E-state index in [1.54, 1.807) is 24.4 Å². The zero-order valence-electron chi connectivity index (χ0n) is 8.92. The fourth-order valence-corrected chi connectivity index (χ4v) is 1.90. The van der Waals surface area contributed by atoms with Crippen LogP contribution in [0.4, 0.5) is 0 Å². The van der Waals surface area contributed by atoms with Crippen LogP contribution in [0.3, 0.4) is 0 Å². The van der Waals surface area contributed by atoms with Crippen LogP contribution in [0.25, 0.3) is 16.9 Å². The van der Waals surface area contributed by atoms with Crippen LogP contribution in [0.5, 0.6) is 5.75 Å². The molecule has 0 fully saturated rings. The summed E-state index contributed by atoms with van der Waals surface area (Å²) in [5, 5.41) is 9.46. The van der Waals surface area contributed by atoms with Crippen LogP contribution in [0.1, 0.15) is 0 Å². The molecule has 0 bridgehead atoms. The number of H-pyrrole nitrogens is 1. The topological polar surface area (TPSA) is 57.5 Å². The highest BCUT2D eigenvalue weighted by molar-refractivity contribution is 5.64. The lowest BCUT2D eigenvalue weighted by molar-refractivity contribution is 0.475. The summed E-state index contributed by atoms with van der Waals surface area (Å²) in [4.78, 5) is 14.2. The Morgan fingerprint density at radius 1 is 1.18 bits per heavy atom. The number of nitrogens with one attached hydrogen (secondary N) is 1. The number of aromatic hydroxyl groups is 1. The third-order valence-corrected chi connectivity index (χ3v) is 2.68. The van der Waals surface area contributed by atoms with Crippen molar-refractivity contribution < 1.29 is 5.11 Å². The van der Waals surface area contributed by atoms with Crippen LogP contribution in [0.2, 0.25) is 0 Å². The SMILES string of the molecule is O=c1ccn2c(-c3cccc(O)c3)c[nH]c2c1. The van der Waals surface area contributed by atoms with E-state index in [0.29, 0.717) is 0 Å². The predicted molar refractivity (Wildman–Crippen MR) is 65.1 cm³/mol. The summed E-state index contributed by atoms with van der Waals surface area (Å²) in [5.74, 6) is 0.220. The van der Waals surface area contributed by atoms with Crippen molar-refractivity contribution in [3.05, 3.63) is 59.0 Å². The molecule has 0 aliphatic carbocycles. The van der Waals surface area contributed by atoms with Crippen LogP contribution < -0.4 is 5.43 Å². The summed E-state index contributed by atoms with van der Waals surface area (Å²) in [7, 11) is 0. The van der Waals surface area contributed by atoms with Crippen LogP contribution in [0, 0.1) is 0 Å². The maximum atomic E-state index is 11.2. The Balaban J connectivity index is 2.28. The number of benzene rings is 1. The van der Waals surface area contributed by atoms with Gasteiger partial charge in [-0.2, -0.15) is 0 Å². The molecule has 0 saturated heterocycles. The second-order valence-electron chi connectivity index (χ2n) is 3.84. The summed E-state index contributed by atoms with van der Waals surface area (Å²) in [6, 6.07) is 10.0.